The molecule has 0 amide bonds. The number of fused-ring (bicyclic) bond motifs is 1. The average Bonchev–Trinajstić information content (AvgIpc) is 3.08. The first-order valence-electron chi connectivity index (χ1n) is 8.04. The van der Waals surface area contributed by atoms with Crippen LogP contribution < -0.4 is 0 Å². The second-order valence-electron chi connectivity index (χ2n) is 5.62. The van der Waals surface area contributed by atoms with Crippen molar-refractivity contribution in [3.8, 4) is 0 Å². The fraction of sp³-hybridized carbons (Fsp3) is 1.00. The predicted molar refractivity (Wildman–Crippen MR) is 75.4 cm³/mol. The third-order valence-electron chi connectivity index (χ3n) is 3.91. The highest BCUT2D eigenvalue weighted by atomic mass is 16.6. The Morgan fingerprint density at radius 2 is 1.00 bits per heavy atom. The van der Waals surface area contributed by atoms with Gasteiger partial charge in [-0.15, -0.1) is 0 Å². The Labute approximate surface area is 108 Å². The van der Waals surface area contributed by atoms with Crippen LogP contribution in [0.15, 0.2) is 0 Å². The average molecular weight is 240 g/mol. The molecule has 1 saturated carbocycles. The summed E-state index contributed by atoms with van der Waals surface area (Å²) in [7, 11) is 0. The summed E-state index contributed by atoms with van der Waals surface area (Å²) < 4.78 is 5.63. The lowest BCUT2D eigenvalue weighted by atomic mass is 10.0. The van der Waals surface area contributed by atoms with Crippen molar-refractivity contribution >= 4 is 0 Å². The second-order valence-corrected chi connectivity index (χ2v) is 5.62. The second kappa shape index (κ2) is 9.94. The van der Waals surface area contributed by atoms with Crippen LogP contribution in [0.1, 0.15) is 90.9 Å². The van der Waals surface area contributed by atoms with Gasteiger partial charge in [-0.3, -0.25) is 0 Å². The van der Waals surface area contributed by atoms with E-state index in [1.807, 2.05) is 0 Å². The van der Waals surface area contributed by atoms with E-state index in [4.69, 9.17) is 4.74 Å². The zero-order valence-electron chi connectivity index (χ0n) is 12.0. The maximum atomic E-state index is 5.63. The number of rotatable bonds is 1. The maximum Gasteiger partial charge on any atom is 0.0841 e. The van der Waals surface area contributed by atoms with E-state index in [9.17, 15) is 0 Å². The van der Waals surface area contributed by atoms with Gasteiger partial charge in [-0.05, 0) is 12.8 Å². The van der Waals surface area contributed by atoms with Gasteiger partial charge in [0.15, 0.2) is 0 Å². The van der Waals surface area contributed by atoms with Gasteiger partial charge in [0.1, 0.15) is 0 Å². The molecule has 0 N–H and O–H groups in total. The zero-order valence-corrected chi connectivity index (χ0v) is 12.0. The van der Waals surface area contributed by atoms with Gasteiger partial charge >= 0.3 is 0 Å². The molecule has 1 aliphatic heterocycles. The SMILES string of the molecule is C1CCCCCC2OC2CCCC1.CCCC. The Bertz CT molecular complexity index is 149. The van der Waals surface area contributed by atoms with Crippen molar-refractivity contribution in [3.63, 3.8) is 0 Å². The van der Waals surface area contributed by atoms with Gasteiger partial charge in [0.05, 0.1) is 12.2 Å². The first kappa shape index (κ1) is 15.0. The zero-order chi connectivity index (χ0) is 12.3. The van der Waals surface area contributed by atoms with E-state index in [1.165, 1.54) is 77.0 Å². The van der Waals surface area contributed by atoms with Crippen LogP contribution in [0.5, 0.6) is 0 Å². The van der Waals surface area contributed by atoms with Crippen LogP contribution in [-0.2, 0) is 4.74 Å². The standard InChI is InChI=1S/C12H22O.C4H10/c1-2-4-6-8-10-12-11(13-12)9-7-5-3-1;1-3-4-2/h11-12H,1-10H2;3-4H2,1-2H3. The Kier molecular flexibility index (Phi) is 8.78. The van der Waals surface area contributed by atoms with Crippen LogP contribution in [0.3, 0.4) is 0 Å². The minimum atomic E-state index is 0.666. The summed E-state index contributed by atoms with van der Waals surface area (Å²) in [5.41, 5.74) is 0. The van der Waals surface area contributed by atoms with Crippen molar-refractivity contribution in [2.24, 2.45) is 0 Å². The monoisotopic (exact) mass is 240 g/mol. The Balaban J connectivity index is 0.000000317. The molecule has 2 aliphatic rings. The maximum absolute atomic E-state index is 5.63. The molecule has 1 saturated heterocycles. The van der Waals surface area contributed by atoms with Crippen molar-refractivity contribution in [1.29, 1.82) is 0 Å². The molecule has 0 bridgehead atoms. The lowest BCUT2D eigenvalue weighted by Crippen LogP contribution is -1.95. The lowest BCUT2D eigenvalue weighted by Gasteiger charge is -2.03. The molecule has 2 unspecified atom stereocenters. The first-order chi connectivity index (χ1) is 8.38. The molecule has 2 rings (SSSR count). The molecule has 1 nitrogen and oxygen atoms in total. The number of hydrogen-bond donors (Lipinski definition) is 0. The molecule has 1 aliphatic carbocycles. The topological polar surface area (TPSA) is 12.5 Å². The van der Waals surface area contributed by atoms with Crippen molar-refractivity contribution < 1.29 is 4.74 Å². The molecule has 102 valence electrons. The third-order valence-corrected chi connectivity index (χ3v) is 3.91. The normalized spacial score (nSPS) is 30.0. The fourth-order valence-corrected chi connectivity index (χ4v) is 2.44. The van der Waals surface area contributed by atoms with E-state index in [-0.39, 0.29) is 0 Å². The number of ether oxygens (including phenoxy) is 1. The van der Waals surface area contributed by atoms with E-state index >= 15 is 0 Å². The van der Waals surface area contributed by atoms with Crippen molar-refractivity contribution in [1.82, 2.24) is 0 Å². The van der Waals surface area contributed by atoms with Gasteiger partial charge in [0, 0.05) is 0 Å². The summed E-state index contributed by atoms with van der Waals surface area (Å²) in [5, 5.41) is 0. The molecule has 0 spiro atoms. The smallest absolute Gasteiger partial charge is 0.0841 e. The quantitative estimate of drug-likeness (QED) is 0.553. The minimum absolute atomic E-state index is 0.666. The molecule has 2 fully saturated rings. The first-order valence-corrected chi connectivity index (χ1v) is 8.04. The van der Waals surface area contributed by atoms with Gasteiger partial charge in [-0.1, -0.05) is 78.1 Å². The minimum Gasteiger partial charge on any atom is -0.370 e. The number of unbranched alkanes of at least 4 members (excludes halogenated alkanes) is 1. The van der Waals surface area contributed by atoms with E-state index in [2.05, 4.69) is 13.8 Å². The van der Waals surface area contributed by atoms with Crippen LogP contribution in [0.2, 0.25) is 0 Å². The molecule has 2 atom stereocenters. The third kappa shape index (κ3) is 7.81. The highest BCUT2D eigenvalue weighted by Crippen LogP contribution is 2.32. The van der Waals surface area contributed by atoms with E-state index < -0.39 is 0 Å². The highest BCUT2D eigenvalue weighted by molar-refractivity contribution is 4.84. The molecule has 0 aromatic carbocycles. The van der Waals surface area contributed by atoms with E-state index in [0.29, 0.717) is 12.2 Å². The number of epoxide rings is 1. The Morgan fingerprint density at radius 1 is 0.647 bits per heavy atom. The summed E-state index contributed by atoms with van der Waals surface area (Å²) in [5.74, 6) is 0. The van der Waals surface area contributed by atoms with Crippen LogP contribution in [-0.4, -0.2) is 12.2 Å². The molecular formula is C16H32O. The summed E-state index contributed by atoms with van der Waals surface area (Å²) in [4.78, 5) is 0. The molecule has 1 heteroatoms. The number of hydrogen-bond acceptors (Lipinski definition) is 1. The van der Waals surface area contributed by atoms with Crippen molar-refractivity contribution in [2.45, 2.75) is 103 Å². The van der Waals surface area contributed by atoms with Crippen LogP contribution >= 0.6 is 0 Å². The van der Waals surface area contributed by atoms with Gasteiger partial charge in [0.25, 0.3) is 0 Å². The Morgan fingerprint density at radius 3 is 1.35 bits per heavy atom. The van der Waals surface area contributed by atoms with Crippen molar-refractivity contribution in [2.75, 3.05) is 0 Å². The van der Waals surface area contributed by atoms with Gasteiger partial charge < -0.3 is 4.74 Å². The van der Waals surface area contributed by atoms with Gasteiger partial charge in [0.2, 0.25) is 0 Å². The molecule has 0 radical (unpaired) electrons. The van der Waals surface area contributed by atoms with E-state index in [0.717, 1.165) is 0 Å². The lowest BCUT2D eigenvalue weighted by molar-refractivity contribution is 0.349. The molecule has 17 heavy (non-hydrogen) atoms. The Hall–Kier alpha value is -0.0400. The molecular weight excluding hydrogens is 208 g/mol. The molecule has 0 aromatic rings. The molecule has 0 aromatic heterocycles. The molecule has 1 heterocycles. The van der Waals surface area contributed by atoms with Gasteiger partial charge in [-0.25, -0.2) is 0 Å². The summed E-state index contributed by atoms with van der Waals surface area (Å²) in [6.07, 6.45) is 18.2. The summed E-state index contributed by atoms with van der Waals surface area (Å²) >= 11 is 0. The largest absolute Gasteiger partial charge is 0.370 e. The fourth-order valence-electron chi connectivity index (χ4n) is 2.44. The van der Waals surface area contributed by atoms with Crippen LogP contribution in [0.25, 0.3) is 0 Å². The van der Waals surface area contributed by atoms with Crippen LogP contribution in [0, 0.1) is 0 Å². The summed E-state index contributed by atoms with van der Waals surface area (Å²) in [6, 6.07) is 0. The van der Waals surface area contributed by atoms with Crippen molar-refractivity contribution in [3.05, 3.63) is 0 Å². The predicted octanol–water partition coefficient (Wildman–Crippen LogP) is 5.47. The van der Waals surface area contributed by atoms with E-state index in [1.54, 1.807) is 0 Å². The van der Waals surface area contributed by atoms with Gasteiger partial charge in [-0.2, -0.15) is 0 Å². The summed E-state index contributed by atoms with van der Waals surface area (Å²) in [6.45, 7) is 4.36. The highest BCUT2D eigenvalue weighted by Gasteiger charge is 2.36. The van der Waals surface area contributed by atoms with Crippen LogP contribution in [0.4, 0.5) is 0 Å².